The first-order valence-electron chi connectivity index (χ1n) is 9.79. The largest absolute Gasteiger partial charge is 0.497 e. The van der Waals surface area contributed by atoms with Gasteiger partial charge in [0.1, 0.15) is 15.8 Å². The number of alkyl halides is 3. The molecule has 4 rings (SSSR count). The fourth-order valence-corrected chi connectivity index (χ4v) is 4.57. The lowest BCUT2D eigenvalue weighted by Gasteiger charge is -2.31. The summed E-state index contributed by atoms with van der Waals surface area (Å²) in [7, 11) is 1.61. The summed E-state index contributed by atoms with van der Waals surface area (Å²) in [5, 5.41) is 10.3. The first kappa shape index (κ1) is 21.3. The van der Waals surface area contributed by atoms with Crippen molar-refractivity contribution in [2.24, 2.45) is 0 Å². The molecular formula is C22H20F3N3O2S. The second-order valence-corrected chi connectivity index (χ2v) is 8.35. The van der Waals surface area contributed by atoms with E-state index in [1.165, 1.54) is 23.5 Å². The van der Waals surface area contributed by atoms with E-state index in [-0.39, 0.29) is 17.4 Å². The van der Waals surface area contributed by atoms with Gasteiger partial charge in [-0.1, -0.05) is 11.3 Å². The van der Waals surface area contributed by atoms with Crippen molar-refractivity contribution in [3.05, 3.63) is 64.7 Å². The summed E-state index contributed by atoms with van der Waals surface area (Å²) >= 11 is 1.49. The number of ether oxygens (including phenoxy) is 1. The first-order chi connectivity index (χ1) is 14.8. The zero-order valence-electron chi connectivity index (χ0n) is 16.7. The Morgan fingerprint density at radius 2 is 1.81 bits per heavy atom. The topological polar surface area (TPSA) is 55.3 Å². The Hall–Kier alpha value is -2.94. The van der Waals surface area contributed by atoms with Gasteiger partial charge in [0.25, 0.3) is 5.91 Å². The Kier molecular flexibility index (Phi) is 5.95. The van der Waals surface area contributed by atoms with Crippen LogP contribution in [0.3, 0.4) is 0 Å². The fourth-order valence-electron chi connectivity index (χ4n) is 3.60. The molecule has 1 atom stereocenters. The van der Waals surface area contributed by atoms with Crippen LogP contribution in [0.4, 0.5) is 13.2 Å². The SMILES string of the molecule is COc1ccc(-c2nnc(C3CCCN(C(=O)c4ccc(C(F)(F)F)cc4)C3)s2)cc1. The lowest BCUT2D eigenvalue weighted by Crippen LogP contribution is -2.39. The van der Waals surface area contributed by atoms with E-state index in [9.17, 15) is 18.0 Å². The third-order valence-electron chi connectivity index (χ3n) is 5.29. The van der Waals surface area contributed by atoms with Crippen LogP contribution in [0.5, 0.6) is 5.75 Å². The molecule has 0 spiro atoms. The predicted octanol–water partition coefficient (Wildman–Crippen LogP) is 5.25. The number of hydrogen-bond acceptors (Lipinski definition) is 5. The number of methoxy groups -OCH3 is 1. The van der Waals surface area contributed by atoms with Crippen molar-refractivity contribution < 1.29 is 22.7 Å². The highest BCUT2D eigenvalue weighted by Crippen LogP contribution is 2.34. The highest BCUT2D eigenvalue weighted by Gasteiger charge is 2.31. The molecule has 3 aromatic rings. The van der Waals surface area contributed by atoms with Crippen molar-refractivity contribution in [2.75, 3.05) is 20.2 Å². The molecule has 1 unspecified atom stereocenters. The lowest BCUT2D eigenvalue weighted by atomic mass is 9.98. The average Bonchev–Trinajstić information content (AvgIpc) is 3.29. The number of aromatic nitrogens is 2. The van der Waals surface area contributed by atoms with E-state index in [1.807, 2.05) is 24.3 Å². The zero-order chi connectivity index (χ0) is 22.0. The smallest absolute Gasteiger partial charge is 0.416 e. The number of piperidine rings is 1. The van der Waals surface area contributed by atoms with Gasteiger partial charge in [-0.25, -0.2) is 0 Å². The average molecular weight is 447 g/mol. The number of likely N-dealkylation sites (tertiary alicyclic amines) is 1. The molecule has 0 bridgehead atoms. The summed E-state index contributed by atoms with van der Waals surface area (Å²) in [5.74, 6) is 0.549. The van der Waals surface area contributed by atoms with Crippen LogP contribution < -0.4 is 4.74 Å². The number of rotatable bonds is 4. The van der Waals surface area contributed by atoms with Gasteiger partial charge in [-0.2, -0.15) is 13.2 Å². The molecule has 1 aliphatic rings. The summed E-state index contributed by atoms with van der Waals surface area (Å²) in [6.07, 6.45) is -2.74. The van der Waals surface area contributed by atoms with Gasteiger partial charge in [0, 0.05) is 30.1 Å². The quantitative estimate of drug-likeness (QED) is 0.548. The number of carbonyl (C=O) groups is 1. The van der Waals surface area contributed by atoms with E-state index >= 15 is 0 Å². The molecule has 0 saturated carbocycles. The number of carbonyl (C=O) groups excluding carboxylic acids is 1. The van der Waals surface area contributed by atoms with Crippen LogP contribution in [0.1, 0.15) is 39.7 Å². The number of nitrogens with zero attached hydrogens (tertiary/aromatic N) is 3. The van der Waals surface area contributed by atoms with Gasteiger partial charge in [-0.15, -0.1) is 10.2 Å². The lowest BCUT2D eigenvalue weighted by molar-refractivity contribution is -0.137. The molecule has 162 valence electrons. The molecule has 5 nitrogen and oxygen atoms in total. The normalized spacial score (nSPS) is 16.9. The summed E-state index contributed by atoms with van der Waals surface area (Å²) in [6, 6.07) is 11.9. The molecule has 0 N–H and O–H groups in total. The highest BCUT2D eigenvalue weighted by molar-refractivity contribution is 7.14. The van der Waals surface area contributed by atoms with Crippen LogP contribution in [-0.4, -0.2) is 41.2 Å². The van der Waals surface area contributed by atoms with Gasteiger partial charge in [0.2, 0.25) is 0 Å². The van der Waals surface area contributed by atoms with Crippen LogP contribution in [0.25, 0.3) is 10.6 Å². The minimum Gasteiger partial charge on any atom is -0.497 e. The van der Waals surface area contributed by atoms with Gasteiger partial charge >= 0.3 is 6.18 Å². The summed E-state index contributed by atoms with van der Waals surface area (Å²) < 4.78 is 43.5. The van der Waals surface area contributed by atoms with Crippen LogP contribution in [0.15, 0.2) is 48.5 Å². The van der Waals surface area contributed by atoms with Gasteiger partial charge in [0.05, 0.1) is 12.7 Å². The third kappa shape index (κ3) is 4.71. The Morgan fingerprint density at radius 3 is 2.45 bits per heavy atom. The number of benzene rings is 2. The summed E-state index contributed by atoms with van der Waals surface area (Å²) in [6.45, 7) is 1.04. The van der Waals surface area contributed by atoms with Crippen LogP contribution in [-0.2, 0) is 6.18 Å². The van der Waals surface area contributed by atoms with Crippen molar-refractivity contribution in [1.29, 1.82) is 0 Å². The fraction of sp³-hybridized carbons (Fsp3) is 0.318. The van der Waals surface area contributed by atoms with E-state index < -0.39 is 11.7 Å². The highest BCUT2D eigenvalue weighted by atomic mass is 32.1. The maximum absolute atomic E-state index is 12.8. The molecule has 2 heterocycles. The van der Waals surface area contributed by atoms with E-state index in [2.05, 4.69) is 10.2 Å². The molecule has 0 aliphatic carbocycles. The van der Waals surface area contributed by atoms with Crippen molar-refractivity contribution in [3.63, 3.8) is 0 Å². The van der Waals surface area contributed by atoms with Crippen molar-refractivity contribution in [2.45, 2.75) is 24.9 Å². The van der Waals surface area contributed by atoms with Crippen LogP contribution in [0.2, 0.25) is 0 Å². The third-order valence-corrected chi connectivity index (χ3v) is 6.43. The maximum Gasteiger partial charge on any atom is 0.416 e. The summed E-state index contributed by atoms with van der Waals surface area (Å²) in [5.41, 5.74) is 0.434. The monoisotopic (exact) mass is 447 g/mol. The molecule has 2 aromatic carbocycles. The second kappa shape index (κ2) is 8.66. The predicted molar refractivity (Wildman–Crippen MR) is 111 cm³/mol. The van der Waals surface area contributed by atoms with Gasteiger partial charge in [0.15, 0.2) is 0 Å². The number of amides is 1. The molecule has 9 heteroatoms. The zero-order valence-corrected chi connectivity index (χ0v) is 17.5. The standard InChI is InChI=1S/C22H20F3N3O2S/c1-30-18-10-6-14(7-11-18)19-26-27-20(31-19)16-3-2-12-28(13-16)21(29)15-4-8-17(9-5-15)22(23,24)25/h4-11,16H,2-3,12-13H2,1H3. The summed E-state index contributed by atoms with van der Waals surface area (Å²) in [4.78, 5) is 14.5. The maximum atomic E-state index is 12.8. The van der Waals surface area contributed by atoms with Gasteiger partial charge < -0.3 is 9.64 Å². The van der Waals surface area contributed by atoms with Crippen LogP contribution >= 0.6 is 11.3 Å². The Labute approximate surface area is 181 Å². The van der Waals surface area contributed by atoms with Crippen LogP contribution in [0, 0.1) is 0 Å². The van der Waals surface area contributed by atoms with Gasteiger partial charge in [-0.05, 0) is 61.4 Å². The second-order valence-electron chi connectivity index (χ2n) is 7.34. The Bertz CT molecular complexity index is 1050. The molecule has 1 aromatic heterocycles. The van der Waals surface area contributed by atoms with E-state index in [0.717, 1.165) is 46.3 Å². The minimum absolute atomic E-state index is 0.0525. The molecule has 1 fully saturated rings. The Morgan fingerprint density at radius 1 is 1.10 bits per heavy atom. The van der Waals surface area contributed by atoms with Crippen molar-refractivity contribution in [3.8, 4) is 16.3 Å². The Balaban J connectivity index is 1.46. The number of hydrogen-bond donors (Lipinski definition) is 0. The molecule has 0 radical (unpaired) electrons. The number of halogens is 3. The van der Waals surface area contributed by atoms with Gasteiger partial charge in [-0.3, -0.25) is 4.79 Å². The van der Waals surface area contributed by atoms with E-state index in [0.29, 0.717) is 13.1 Å². The molecule has 1 aliphatic heterocycles. The molecule has 1 amide bonds. The molecular weight excluding hydrogens is 427 g/mol. The van der Waals surface area contributed by atoms with E-state index in [1.54, 1.807) is 12.0 Å². The van der Waals surface area contributed by atoms with Crippen molar-refractivity contribution >= 4 is 17.2 Å². The first-order valence-corrected chi connectivity index (χ1v) is 10.6. The molecule has 31 heavy (non-hydrogen) atoms. The molecule has 1 saturated heterocycles. The minimum atomic E-state index is -4.42. The van der Waals surface area contributed by atoms with Crippen molar-refractivity contribution in [1.82, 2.24) is 15.1 Å². The van der Waals surface area contributed by atoms with E-state index in [4.69, 9.17) is 4.74 Å².